The lowest BCUT2D eigenvalue weighted by Crippen LogP contribution is -2.38. The molecule has 2 atom stereocenters. The van der Waals surface area contributed by atoms with Crippen molar-refractivity contribution >= 4 is 5.91 Å². The number of nitrogens with two attached hydrogens (primary N) is 1. The van der Waals surface area contributed by atoms with Gasteiger partial charge in [-0.05, 0) is 38.1 Å². The molecule has 1 rings (SSSR count). The summed E-state index contributed by atoms with van der Waals surface area (Å²) in [6.07, 6.45) is 6.77. The van der Waals surface area contributed by atoms with Gasteiger partial charge in [-0.2, -0.15) is 0 Å². The minimum Gasteiger partial charge on any atom is -0.353 e. The summed E-state index contributed by atoms with van der Waals surface area (Å²) in [6, 6.07) is 0.338. The average Bonchev–Trinajstić information content (AvgIpc) is 2.79. The van der Waals surface area contributed by atoms with E-state index in [9.17, 15) is 4.79 Å². The highest BCUT2D eigenvalue weighted by molar-refractivity contribution is 5.76. The maximum absolute atomic E-state index is 11.8. The fourth-order valence-corrected chi connectivity index (χ4v) is 2.54. The molecule has 0 heterocycles. The fourth-order valence-electron chi connectivity index (χ4n) is 2.54. The van der Waals surface area contributed by atoms with Crippen LogP contribution in [0.15, 0.2) is 0 Å². The van der Waals surface area contributed by atoms with E-state index in [4.69, 9.17) is 5.73 Å². The Morgan fingerprint density at radius 2 is 2.06 bits per heavy atom. The Kier molecular flexibility index (Phi) is 5.81. The molecule has 1 amide bonds. The quantitative estimate of drug-likeness (QED) is 0.728. The van der Waals surface area contributed by atoms with Crippen LogP contribution in [-0.2, 0) is 4.79 Å². The smallest absolute Gasteiger partial charge is 0.220 e. The molecule has 0 aromatic carbocycles. The minimum atomic E-state index is 0.178. The van der Waals surface area contributed by atoms with Crippen LogP contribution in [-0.4, -0.2) is 18.5 Å². The summed E-state index contributed by atoms with van der Waals surface area (Å²) in [5, 5.41) is 3.13. The molecule has 94 valence electrons. The summed E-state index contributed by atoms with van der Waals surface area (Å²) < 4.78 is 0. The zero-order chi connectivity index (χ0) is 12.0. The van der Waals surface area contributed by atoms with Crippen LogP contribution in [0.4, 0.5) is 0 Å². The molecule has 3 nitrogen and oxygen atoms in total. The van der Waals surface area contributed by atoms with E-state index in [-0.39, 0.29) is 5.91 Å². The highest BCUT2D eigenvalue weighted by Gasteiger charge is 2.23. The molecular formula is C13H26N2O. The van der Waals surface area contributed by atoms with E-state index in [2.05, 4.69) is 19.2 Å². The van der Waals surface area contributed by atoms with E-state index >= 15 is 0 Å². The van der Waals surface area contributed by atoms with Gasteiger partial charge < -0.3 is 11.1 Å². The standard InChI is InChI=1S/C13H26N2O/c1-3-11(9-14)8-13(16)15-10(2)12-6-4-5-7-12/h10-12H,3-9,14H2,1-2H3,(H,15,16). The molecule has 0 saturated heterocycles. The number of carbonyl (C=O) groups is 1. The molecule has 16 heavy (non-hydrogen) atoms. The topological polar surface area (TPSA) is 55.1 Å². The van der Waals surface area contributed by atoms with E-state index in [0.29, 0.717) is 30.8 Å². The van der Waals surface area contributed by atoms with Gasteiger partial charge in [-0.3, -0.25) is 4.79 Å². The van der Waals surface area contributed by atoms with E-state index in [1.165, 1.54) is 25.7 Å². The number of amides is 1. The summed E-state index contributed by atoms with van der Waals surface area (Å²) in [5.41, 5.74) is 5.60. The van der Waals surface area contributed by atoms with Crippen molar-refractivity contribution in [2.24, 2.45) is 17.6 Å². The predicted molar refractivity (Wildman–Crippen MR) is 67.0 cm³/mol. The van der Waals surface area contributed by atoms with Crippen molar-refractivity contribution in [3.05, 3.63) is 0 Å². The van der Waals surface area contributed by atoms with Gasteiger partial charge in [0.2, 0.25) is 5.91 Å². The van der Waals surface area contributed by atoms with Crippen LogP contribution in [0.25, 0.3) is 0 Å². The highest BCUT2D eigenvalue weighted by atomic mass is 16.1. The molecule has 3 N–H and O–H groups in total. The van der Waals surface area contributed by atoms with Crippen molar-refractivity contribution < 1.29 is 4.79 Å². The van der Waals surface area contributed by atoms with Gasteiger partial charge in [-0.1, -0.05) is 26.2 Å². The van der Waals surface area contributed by atoms with Crippen molar-refractivity contribution in [1.82, 2.24) is 5.32 Å². The predicted octanol–water partition coefficient (Wildman–Crippen LogP) is 2.06. The Morgan fingerprint density at radius 3 is 2.56 bits per heavy atom. The third-order valence-corrected chi connectivity index (χ3v) is 3.88. The molecule has 1 aliphatic carbocycles. The minimum absolute atomic E-state index is 0.178. The van der Waals surface area contributed by atoms with Gasteiger partial charge in [0.25, 0.3) is 0 Å². The summed E-state index contributed by atoms with van der Waals surface area (Å²) in [5.74, 6) is 1.22. The Labute approximate surface area is 99.2 Å². The second-order valence-electron chi connectivity index (χ2n) is 5.11. The Hall–Kier alpha value is -0.570. The normalized spacial score (nSPS) is 20.7. The molecule has 3 heteroatoms. The van der Waals surface area contributed by atoms with Crippen LogP contribution >= 0.6 is 0 Å². The summed E-state index contributed by atoms with van der Waals surface area (Å²) in [4.78, 5) is 11.8. The molecule has 1 fully saturated rings. The number of hydrogen-bond donors (Lipinski definition) is 2. The molecular weight excluding hydrogens is 200 g/mol. The number of nitrogens with one attached hydrogen (secondary N) is 1. The molecule has 0 spiro atoms. The first kappa shape index (κ1) is 13.5. The Bertz CT molecular complexity index is 208. The van der Waals surface area contributed by atoms with Gasteiger partial charge >= 0.3 is 0 Å². The van der Waals surface area contributed by atoms with E-state index in [0.717, 1.165) is 6.42 Å². The zero-order valence-corrected chi connectivity index (χ0v) is 10.7. The van der Waals surface area contributed by atoms with Crippen molar-refractivity contribution in [3.8, 4) is 0 Å². The van der Waals surface area contributed by atoms with Crippen LogP contribution < -0.4 is 11.1 Å². The molecule has 0 aliphatic heterocycles. The maximum Gasteiger partial charge on any atom is 0.220 e. The largest absolute Gasteiger partial charge is 0.353 e. The summed E-state index contributed by atoms with van der Waals surface area (Å²) in [7, 11) is 0. The van der Waals surface area contributed by atoms with Crippen LogP contribution in [0.3, 0.4) is 0 Å². The lowest BCUT2D eigenvalue weighted by molar-refractivity contribution is -0.122. The maximum atomic E-state index is 11.8. The van der Waals surface area contributed by atoms with Crippen molar-refractivity contribution in [2.45, 2.75) is 58.4 Å². The first-order chi connectivity index (χ1) is 7.67. The third kappa shape index (κ3) is 4.12. The number of rotatable bonds is 6. The van der Waals surface area contributed by atoms with Gasteiger partial charge in [-0.25, -0.2) is 0 Å². The SMILES string of the molecule is CCC(CN)CC(=O)NC(C)C1CCCC1. The van der Waals surface area contributed by atoms with E-state index in [1.807, 2.05) is 0 Å². The van der Waals surface area contributed by atoms with Crippen LogP contribution in [0.5, 0.6) is 0 Å². The van der Waals surface area contributed by atoms with Crippen molar-refractivity contribution in [2.75, 3.05) is 6.54 Å². The van der Waals surface area contributed by atoms with Gasteiger partial charge in [0.15, 0.2) is 0 Å². The Morgan fingerprint density at radius 1 is 1.44 bits per heavy atom. The molecule has 0 aromatic rings. The van der Waals surface area contributed by atoms with Gasteiger partial charge in [-0.15, -0.1) is 0 Å². The zero-order valence-electron chi connectivity index (χ0n) is 10.7. The van der Waals surface area contributed by atoms with Crippen molar-refractivity contribution in [3.63, 3.8) is 0 Å². The molecule has 1 aliphatic rings. The molecule has 0 bridgehead atoms. The highest BCUT2D eigenvalue weighted by Crippen LogP contribution is 2.27. The first-order valence-electron chi connectivity index (χ1n) is 6.66. The van der Waals surface area contributed by atoms with Crippen LogP contribution in [0.2, 0.25) is 0 Å². The summed E-state index contributed by atoms with van der Waals surface area (Å²) in [6.45, 7) is 4.84. The van der Waals surface area contributed by atoms with Gasteiger partial charge in [0.1, 0.15) is 0 Å². The van der Waals surface area contributed by atoms with Crippen LogP contribution in [0, 0.1) is 11.8 Å². The number of carbonyl (C=O) groups excluding carboxylic acids is 1. The third-order valence-electron chi connectivity index (χ3n) is 3.88. The molecule has 1 saturated carbocycles. The summed E-state index contributed by atoms with van der Waals surface area (Å²) >= 11 is 0. The number of hydrogen-bond acceptors (Lipinski definition) is 2. The van der Waals surface area contributed by atoms with Crippen molar-refractivity contribution in [1.29, 1.82) is 0 Å². The van der Waals surface area contributed by atoms with Gasteiger partial charge in [0, 0.05) is 12.5 Å². The molecule has 2 unspecified atom stereocenters. The van der Waals surface area contributed by atoms with E-state index < -0.39 is 0 Å². The molecule has 0 radical (unpaired) electrons. The molecule has 0 aromatic heterocycles. The average molecular weight is 226 g/mol. The van der Waals surface area contributed by atoms with Gasteiger partial charge in [0.05, 0.1) is 0 Å². The first-order valence-corrected chi connectivity index (χ1v) is 6.66. The lowest BCUT2D eigenvalue weighted by atomic mass is 9.98. The Balaban J connectivity index is 2.26. The fraction of sp³-hybridized carbons (Fsp3) is 0.923. The lowest BCUT2D eigenvalue weighted by Gasteiger charge is -2.21. The second kappa shape index (κ2) is 6.89. The second-order valence-corrected chi connectivity index (χ2v) is 5.11. The monoisotopic (exact) mass is 226 g/mol. The van der Waals surface area contributed by atoms with Crippen LogP contribution in [0.1, 0.15) is 52.4 Å². The van der Waals surface area contributed by atoms with E-state index in [1.54, 1.807) is 0 Å².